The number of nitrogens with zero attached hydrogens (tertiary/aromatic N) is 3. The molecule has 1 fully saturated rings. The smallest absolute Gasteiger partial charge is 0.333 e. The van der Waals surface area contributed by atoms with Crippen molar-refractivity contribution in [2.24, 2.45) is 0 Å². The molecular formula is C61H84N3O18S+. The minimum Gasteiger partial charge on any atom is -0.456 e. The van der Waals surface area contributed by atoms with Crippen LogP contribution in [0.1, 0.15) is 69.1 Å². The molecule has 2 amide bonds. The van der Waals surface area contributed by atoms with E-state index in [9.17, 15) is 27.4 Å². The van der Waals surface area contributed by atoms with Gasteiger partial charge in [-0.3, -0.25) is 14.1 Å². The van der Waals surface area contributed by atoms with E-state index in [1.807, 2.05) is 69.3 Å². The third-order valence-electron chi connectivity index (χ3n) is 13.9. The topological polar surface area (TPSA) is 230 Å². The number of ether oxygens (including phenoxy) is 10. The average Bonchev–Trinajstić information content (AvgIpc) is 3.89. The molecule has 2 aromatic rings. The van der Waals surface area contributed by atoms with Crippen LogP contribution in [0.4, 0.5) is 5.69 Å². The lowest BCUT2D eigenvalue weighted by atomic mass is 9.83. The van der Waals surface area contributed by atoms with Crippen molar-refractivity contribution < 1.29 is 84.0 Å². The zero-order chi connectivity index (χ0) is 59.3. The Morgan fingerprint density at radius 3 is 1.73 bits per heavy atom. The lowest BCUT2D eigenvalue weighted by Gasteiger charge is -2.27. The highest BCUT2D eigenvalue weighted by Gasteiger charge is 2.40. The molecule has 0 spiro atoms. The van der Waals surface area contributed by atoms with Crippen LogP contribution in [0.25, 0.3) is 28.7 Å². The number of fused-ring (bicyclic) bond motifs is 2. The van der Waals surface area contributed by atoms with Gasteiger partial charge in [0, 0.05) is 79.6 Å². The van der Waals surface area contributed by atoms with Crippen LogP contribution in [-0.2, 0) is 82.1 Å². The molecule has 1 aliphatic carbocycles. The first-order valence-corrected chi connectivity index (χ1v) is 29.8. The summed E-state index contributed by atoms with van der Waals surface area (Å²) in [6, 6.07) is 20.8. The first-order chi connectivity index (χ1) is 40.2. The fourth-order valence-corrected chi connectivity index (χ4v) is 9.95. The highest BCUT2D eigenvalue weighted by Crippen LogP contribution is 2.49. The summed E-state index contributed by atoms with van der Waals surface area (Å²) in [5, 5.41) is 1.47. The molecule has 3 aliphatic heterocycles. The average molecular weight is 1180 g/mol. The Hall–Kier alpha value is -5.73. The summed E-state index contributed by atoms with van der Waals surface area (Å²) < 4.78 is 99.5. The van der Waals surface area contributed by atoms with E-state index >= 15 is 0 Å². The van der Waals surface area contributed by atoms with Crippen molar-refractivity contribution in [1.82, 2.24) is 9.64 Å². The second kappa shape index (κ2) is 35.5. The molecule has 0 radical (unpaired) electrons. The fraction of sp³-hybridized carbons (Fsp3) is 0.541. The van der Waals surface area contributed by atoms with Gasteiger partial charge in [-0.05, 0) is 61.2 Å². The van der Waals surface area contributed by atoms with E-state index in [4.69, 9.17) is 56.6 Å². The lowest BCUT2D eigenvalue weighted by Crippen LogP contribution is -2.36. The van der Waals surface area contributed by atoms with Gasteiger partial charge in [0.05, 0.1) is 117 Å². The zero-order valence-electron chi connectivity index (χ0n) is 48.8. The summed E-state index contributed by atoms with van der Waals surface area (Å²) in [7, 11) is -1.22. The van der Waals surface area contributed by atoms with Crippen molar-refractivity contribution in [2.45, 2.75) is 69.6 Å². The quantitative estimate of drug-likeness (QED) is 0.0212. The molecule has 22 heteroatoms. The molecule has 0 unspecified atom stereocenters. The van der Waals surface area contributed by atoms with Gasteiger partial charge in [0.25, 0.3) is 21.9 Å². The molecule has 2 aromatic carbocycles. The van der Waals surface area contributed by atoms with Gasteiger partial charge in [-0.15, -0.1) is 5.06 Å². The molecule has 1 N–H and O–H groups in total. The van der Waals surface area contributed by atoms with E-state index < -0.39 is 33.3 Å². The van der Waals surface area contributed by atoms with Gasteiger partial charge in [-0.25, -0.2) is 9.37 Å². The number of rotatable bonds is 41. The molecule has 1 saturated heterocycles. The number of unbranched alkanes of at least 4 members (excludes halogenated alkanes) is 2. The van der Waals surface area contributed by atoms with Crippen LogP contribution in [-0.4, -0.2) is 189 Å². The molecule has 83 heavy (non-hydrogen) atoms. The number of allylic oxidation sites excluding steroid dienone is 3. The number of benzene rings is 3. The van der Waals surface area contributed by atoms with E-state index in [1.54, 1.807) is 20.3 Å². The van der Waals surface area contributed by atoms with E-state index in [-0.39, 0.29) is 24.2 Å². The van der Waals surface area contributed by atoms with Crippen LogP contribution in [0.15, 0.2) is 93.9 Å². The molecule has 0 bridgehead atoms. The maximum absolute atomic E-state index is 12.6. The van der Waals surface area contributed by atoms with Crippen LogP contribution in [0, 0.1) is 6.92 Å². The number of hydroxylamine groups is 2. The lowest BCUT2D eigenvalue weighted by molar-refractivity contribution is -0.197. The Morgan fingerprint density at radius 1 is 0.675 bits per heavy atom. The van der Waals surface area contributed by atoms with Crippen molar-refractivity contribution in [3.8, 4) is 22.6 Å². The van der Waals surface area contributed by atoms with Crippen molar-refractivity contribution in [3.63, 3.8) is 0 Å². The predicted molar refractivity (Wildman–Crippen MR) is 310 cm³/mol. The van der Waals surface area contributed by atoms with Crippen LogP contribution >= 0.6 is 0 Å². The zero-order valence-corrected chi connectivity index (χ0v) is 49.6. The Labute approximate surface area is 488 Å². The van der Waals surface area contributed by atoms with Gasteiger partial charge < -0.3 is 61.5 Å². The monoisotopic (exact) mass is 1180 g/mol. The number of hydrogen-bond donors (Lipinski definition) is 1. The number of anilines is 1. The summed E-state index contributed by atoms with van der Waals surface area (Å²) in [6.07, 6.45) is 7.87. The van der Waals surface area contributed by atoms with Crippen molar-refractivity contribution in [2.75, 3.05) is 158 Å². The minimum atomic E-state index is -4.49. The molecule has 0 saturated carbocycles. The highest BCUT2D eigenvalue weighted by molar-refractivity contribution is 7.85. The van der Waals surface area contributed by atoms with Gasteiger partial charge in [0.2, 0.25) is 5.36 Å². The number of hydrogen-bond acceptors (Lipinski definition) is 18. The van der Waals surface area contributed by atoms with Gasteiger partial charge in [-0.1, -0.05) is 62.8 Å². The summed E-state index contributed by atoms with van der Waals surface area (Å²) >= 11 is 0. The van der Waals surface area contributed by atoms with E-state index in [1.165, 1.54) is 12.1 Å². The maximum Gasteiger partial charge on any atom is 0.333 e. The Bertz CT molecular complexity index is 2820. The number of carbonyl (C=O) groups excluding carboxylic acids is 3. The Morgan fingerprint density at radius 2 is 1.20 bits per heavy atom. The normalized spacial score (nSPS) is 14.7. The molecular weight excluding hydrogens is 1090 g/mol. The summed E-state index contributed by atoms with van der Waals surface area (Å²) in [5.74, 6) is -0.336. The second-order valence-corrected chi connectivity index (χ2v) is 21.5. The first-order valence-electron chi connectivity index (χ1n) is 28.4. The Balaban J connectivity index is 1.20. The minimum absolute atomic E-state index is 0.0196. The number of methoxy groups -OCH3 is 2. The molecule has 456 valence electrons. The highest BCUT2D eigenvalue weighted by atomic mass is 32.2. The van der Waals surface area contributed by atoms with Crippen LogP contribution in [0.2, 0.25) is 0 Å². The van der Waals surface area contributed by atoms with Gasteiger partial charge >= 0.3 is 5.97 Å². The van der Waals surface area contributed by atoms with Crippen molar-refractivity contribution in [1.29, 1.82) is 0 Å². The molecule has 0 atom stereocenters. The summed E-state index contributed by atoms with van der Waals surface area (Å²) in [5.41, 5.74) is 5.36. The van der Waals surface area contributed by atoms with Gasteiger partial charge in [0.1, 0.15) is 24.7 Å². The maximum atomic E-state index is 12.6. The van der Waals surface area contributed by atoms with E-state index in [0.29, 0.717) is 174 Å². The van der Waals surface area contributed by atoms with Crippen LogP contribution in [0.5, 0.6) is 0 Å². The van der Waals surface area contributed by atoms with Gasteiger partial charge in [-0.2, -0.15) is 8.42 Å². The third kappa shape index (κ3) is 21.1. The summed E-state index contributed by atoms with van der Waals surface area (Å²) in [6.45, 7) is 16.1. The van der Waals surface area contributed by atoms with Gasteiger partial charge in [0.15, 0.2) is 13.1 Å². The SMILES string of the molecule is COCCOCCOCCOCCOCC[N+](CCOCCOCCOCCOCCOC)=c1ccc2c(/C=C/C=C3\N(CCCCCC(=O)ON4C(=O)CCC4=O)c4ccc(S(=O)(=O)O)cc4C3(C)C)c(C)c(-c3ccccc3)oc-2c1. The number of imide groups is 1. The molecule has 21 nitrogen and oxygen atoms in total. The summed E-state index contributed by atoms with van der Waals surface area (Å²) in [4.78, 5) is 43.5. The van der Waals surface area contributed by atoms with E-state index in [2.05, 4.69) is 27.7 Å². The Kier molecular flexibility index (Phi) is 28.4. The predicted octanol–water partition coefficient (Wildman–Crippen LogP) is 6.67. The van der Waals surface area contributed by atoms with Crippen molar-refractivity contribution >= 4 is 39.7 Å². The third-order valence-corrected chi connectivity index (χ3v) is 14.7. The fourth-order valence-electron chi connectivity index (χ4n) is 9.45. The number of carbonyl (C=O) groups is 3. The van der Waals surface area contributed by atoms with E-state index in [0.717, 1.165) is 44.6 Å². The van der Waals surface area contributed by atoms with Crippen LogP contribution in [0.3, 0.4) is 0 Å². The number of amides is 2. The molecule has 0 aromatic heterocycles. The van der Waals surface area contributed by atoms with Crippen LogP contribution < -0.4 is 14.8 Å². The standard InChI is InChI=1S/C61H83N3O18S/c1-47-51(15-12-16-56-61(2,3)53-46-50(83(68,69)70)19-21-54(53)63(56)24-11-7-10-17-59(67)82-64-57(65)22-23-58(64)66)52-20-18-49(45-55(52)81-60(47)48-13-8-6-9-14-48)62(25-27-73-33-35-77-41-43-79-39-37-75-31-29-71-4)26-28-74-34-36-78-42-44-80-40-38-76-32-30-72-5/h6,8-9,12-16,18-21,45-46H,7,10-11,17,22-44H2,1-5H3/p+1. The molecule has 3 heterocycles. The van der Waals surface area contributed by atoms with Crippen molar-refractivity contribution in [3.05, 3.63) is 107 Å². The second-order valence-electron chi connectivity index (χ2n) is 20.1. The largest absolute Gasteiger partial charge is 0.456 e. The first kappa shape index (κ1) is 66.4. The molecule has 6 rings (SSSR count). The molecule has 4 aliphatic rings.